The molecule has 0 unspecified atom stereocenters. The molecule has 4 rings (SSSR count). The number of amides is 1. The quantitative estimate of drug-likeness (QED) is 0.736. The minimum absolute atomic E-state index is 0.0620. The van der Waals surface area contributed by atoms with Crippen molar-refractivity contribution in [2.24, 2.45) is 0 Å². The van der Waals surface area contributed by atoms with E-state index in [2.05, 4.69) is 20.2 Å². The molecule has 1 fully saturated rings. The Hall–Kier alpha value is -2.67. The average molecular weight is 374 g/mol. The molecule has 1 aliphatic heterocycles. The van der Waals surface area contributed by atoms with Crippen molar-refractivity contribution in [3.05, 3.63) is 58.9 Å². The molecule has 0 spiro atoms. The Balaban J connectivity index is 1.51. The molecule has 1 atom stereocenters. The summed E-state index contributed by atoms with van der Waals surface area (Å²) >= 11 is 5.94. The summed E-state index contributed by atoms with van der Waals surface area (Å²) in [6.45, 7) is 1.14. The molecule has 8 heteroatoms. The lowest BCUT2D eigenvalue weighted by atomic mass is 9.94. The molecule has 1 saturated heterocycles. The van der Waals surface area contributed by atoms with Gasteiger partial charge in [-0.1, -0.05) is 11.6 Å². The fourth-order valence-corrected chi connectivity index (χ4v) is 3.50. The van der Waals surface area contributed by atoms with Gasteiger partial charge in [-0.3, -0.25) is 14.9 Å². The van der Waals surface area contributed by atoms with Crippen molar-refractivity contribution >= 4 is 17.5 Å². The molecular formula is C18H17ClFN5O. The Labute approximate surface area is 154 Å². The van der Waals surface area contributed by atoms with Gasteiger partial charge in [-0.15, -0.1) is 0 Å². The Morgan fingerprint density at radius 2 is 2.27 bits per heavy atom. The van der Waals surface area contributed by atoms with Crippen LogP contribution in [0.4, 0.5) is 4.39 Å². The van der Waals surface area contributed by atoms with E-state index in [4.69, 9.17) is 11.6 Å². The number of aromatic nitrogens is 4. The zero-order valence-corrected chi connectivity index (χ0v) is 14.6. The van der Waals surface area contributed by atoms with Crippen LogP contribution in [0.1, 0.15) is 34.8 Å². The fourth-order valence-electron chi connectivity index (χ4n) is 3.33. The molecule has 0 radical (unpaired) electrons. The van der Waals surface area contributed by atoms with Gasteiger partial charge in [0, 0.05) is 37.1 Å². The van der Waals surface area contributed by atoms with E-state index in [-0.39, 0.29) is 17.4 Å². The number of carbonyl (C=O) groups excluding carboxylic acids is 1. The zero-order chi connectivity index (χ0) is 18.1. The lowest BCUT2D eigenvalue weighted by molar-refractivity contribution is 0.0701. The first-order valence-corrected chi connectivity index (χ1v) is 8.78. The third-order valence-corrected chi connectivity index (χ3v) is 4.89. The van der Waals surface area contributed by atoms with E-state index in [1.165, 1.54) is 12.3 Å². The molecule has 1 amide bonds. The van der Waals surface area contributed by atoms with Crippen LogP contribution in [0.15, 0.2) is 36.8 Å². The number of piperidine rings is 1. The van der Waals surface area contributed by atoms with E-state index in [1.54, 1.807) is 11.1 Å². The first kappa shape index (κ1) is 16.8. The Morgan fingerprint density at radius 3 is 3.04 bits per heavy atom. The molecule has 3 aromatic rings. The lowest BCUT2D eigenvalue weighted by Gasteiger charge is -2.32. The van der Waals surface area contributed by atoms with Gasteiger partial charge >= 0.3 is 0 Å². The number of nitrogens with one attached hydrogen (secondary N) is 2. The number of nitrogens with zero attached hydrogens (tertiary/aromatic N) is 3. The molecule has 0 saturated carbocycles. The Morgan fingerprint density at radius 1 is 1.38 bits per heavy atom. The zero-order valence-electron chi connectivity index (χ0n) is 13.9. The van der Waals surface area contributed by atoms with Crippen molar-refractivity contribution in [2.45, 2.75) is 18.8 Å². The smallest absolute Gasteiger partial charge is 0.256 e. The molecule has 134 valence electrons. The number of aromatic amines is 2. The number of likely N-dealkylation sites (tertiary alicyclic amines) is 1. The fraction of sp³-hybridized carbons (Fsp3) is 0.278. The van der Waals surface area contributed by atoms with Crippen LogP contribution in [0.3, 0.4) is 0 Å². The maximum Gasteiger partial charge on any atom is 0.256 e. The van der Waals surface area contributed by atoms with Gasteiger partial charge < -0.3 is 9.88 Å². The van der Waals surface area contributed by atoms with Gasteiger partial charge in [0.05, 0.1) is 22.5 Å². The van der Waals surface area contributed by atoms with E-state index < -0.39 is 5.82 Å². The Bertz CT molecular complexity index is 937. The van der Waals surface area contributed by atoms with Gasteiger partial charge in [0.1, 0.15) is 5.69 Å². The van der Waals surface area contributed by atoms with Gasteiger partial charge in [0.15, 0.2) is 5.82 Å². The van der Waals surface area contributed by atoms with Crippen molar-refractivity contribution in [1.82, 2.24) is 25.1 Å². The van der Waals surface area contributed by atoms with Crippen molar-refractivity contribution in [3.8, 4) is 11.4 Å². The molecule has 3 aromatic heterocycles. The van der Waals surface area contributed by atoms with Crippen LogP contribution in [0.2, 0.25) is 5.02 Å². The highest BCUT2D eigenvalue weighted by Gasteiger charge is 2.28. The summed E-state index contributed by atoms with van der Waals surface area (Å²) in [6.07, 6.45) is 5.99. The number of rotatable bonds is 3. The normalized spacial score (nSPS) is 17.5. The molecule has 0 bridgehead atoms. The van der Waals surface area contributed by atoms with Crippen molar-refractivity contribution in [1.29, 1.82) is 0 Å². The molecular weight excluding hydrogens is 357 g/mol. The van der Waals surface area contributed by atoms with E-state index >= 15 is 0 Å². The maximum absolute atomic E-state index is 13.9. The number of hydrogen-bond acceptors (Lipinski definition) is 3. The van der Waals surface area contributed by atoms with Crippen LogP contribution in [0, 0.1) is 5.82 Å². The monoisotopic (exact) mass is 373 g/mol. The van der Waals surface area contributed by atoms with E-state index in [0.717, 1.165) is 36.1 Å². The summed E-state index contributed by atoms with van der Waals surface area (Å²) in [5, 5.41) is 8.01. The molecule has 2 N–H and O–H groups in total. The van der Waals surface area contributed by atoms with Crippen molar-refractivity contribution in [3.63, 3.8) is 0 Å². The summed E-state index contributed by atoms with van der Waals surface area (Å²) in [6, 6.07) is 5.20. The molecule has 4 heterocycles. The second-order valence-corrected chi connectivity index (χ2v) is 6.82. The van der Waals surface area contributed by atoms with Crippen LogP contribution in [-0.2, 0) is 0 Å². The summed E-state index contributed by atoms with van der Waals surface area (Å²) in [5.41, 5.74) is 2.63. The van der Waals surface area contributed by atoms with Gasteiger partial charge in [-0.25, -0.2) is 4.39 Å². The number of pyridine rings is 1. The summed E-state index contributed by atoms with van der Waals surface area (Å²) in [5.74, 6) is -0.762. The minimum Gasteiger partial charge on any atom is -0.358 e. The van der Waals surface area contributed by atoms with Crippen LogP contribution in [-0.4, -0.2) is 44.1 Å². The molecule has 26 heavy (non-hydrogen) atoms. The number of hydrogen-bond donors (Lipinski definition) is 2. The van der Waals surface area contributed by atoms with E-state index in [9.17, 15) is 9.18 Å². The highest BCUT2D eigenvalue weighted by Crippen LogP contribution is 2.29. The van der Waals surface area contributed by atoms with Gasteiger partial charge in [0.2, 0.25) is 0 Å². The van der Waals surface area contributed by atoms with Crippen LogP contribution in [0.5, 0.6) is 0 Å². The largest absolute Gasteiger partial charge is 0.358 e. The number of carbonyl (C=O) groups is 1. The third kappa shape index (κ3) is 3.22. The molecule has 1 aliphatic rings. The second kappa shape index (κ2) is 6.92. The highest BCUT2D eigenvalue weighted by molar-refractivity contribution is 6.30. The topological polar surface area (TPSA) is 77.7 Å². The lowest BCUT2D eigenvalue weighted by Crippen LogP contribution is -2.39. The molecule has 0 aromatic carbocycles. The SMILES string of the molecule is O=C(c1ccncc1F)N1CCC[C@H](c2cc(-c3cc(Cl)c[nH]3)n[nH]2)C1. The Kier molecular flexibility index (Phi) is 4.46. The predicted molar refractivity (Wildman–Crippen MR) is 95.5 cm³/mol. The van der Waals surface area contributed by atoms with Crippen LogP contribution >= 0.6 is 11.6 Å². The maximum atomic E-state index is 13.9. The van der Waals surface area contributed by atoms with E-state index in [1.807, 2.05) is 12.1 Å². The van der Waals surface area contributed by atoms with Gasteiger partial charge in [0.25, 0.3) is 5.91 Å². The van der Waals surface area contributed by atoms with Gasteiger partial charge in [-0.05, 0) is 31.0 Å². The average Bonchev–Trinajstić information content (AvgIpc) is 3.31. The second-order valence-electron chi connectivity index (χ2n) is 6.39. The standard InChI is InChI=1S/C18H17ClFN5O/c19-12-6-16(22-8-12)17-7-15(23-24-17)11-2-1-5-25(10-11)18(26)13-3-4-21-9-14(13)20/h3-4,6-9,11,22H,1-2,5,10H2,(H,23,24)/t11-/m0/s1. The first-order valence-electron chi connectivity index (χ1n) is 8.40. The summed E-state index contributed by atoms with van der Waals surface area (Å²) in [7, 11) is 0. The van der Waals surface area contributed by atoms with Gasteiger partial charge in [-0.2, -0.15) is 5.10 Å². The van der Waals surface area contributed by atoms with Crippen molar-refractivity contribution in [2.75, 3.05) is 13.1 Å². The first-order chi connectivity index (χ1) is 12.6. The third-order valence-electron chi connectivity index (χ3n) is 4.67. The van der Waals surface area contributed by atoms with E-state index in [0.29, 0.717) is 18.1 Å². The predicted octanol–water partition coefficient (Wildman–Crippen LogP) is 3.61. The number of halogens is 2. The molecule has 0 aliphatic carbocycles. The highest BCUT2D eigenvalue weighted by atomic mass is 35.5. The van der Waals surface area contributed by atoms with Crippen LogP contribution in [0.25, 0.3) is 11.4 Å². The van der Waals surface area contributed by atoms with Crippen molar-refractivity contribution < 1.29 is 9.18 Å². The summed E-state index contributed by atoms with van der Waals surface area (Å²) < 4.78 is 13.9. The van der Waals surface area contributed by atoms with Crippen LogP contribution < -0.4 is 0 Å². The minimum atomic E-state index is -0.591. The molecule has 6 nitrogen and oxygen atoms in total. The summed E-state index contributed by atoms with van der Waals surface area (Å²) in [4.78, 5) is 21.1. The number of H-pyrrole nitrogens is 2.